The number of hydrogen-bond donors (Lipinski definition) is 1. The fourth-order valence-electron chi connectivity index (χ4n) is 1.68. The molecule has 2 rings (SSSR count). The molecule has 0 atom stereocenters. The SMILES string of the molecule is O=C(O)CCc1cccc(C2COC2)c1. The van der Waals surface area contributed by atoms with Gasteiger partial charge in [0, 0.05) is 12.3 Å². The molecular formula is C12H14O3. The third-order valence-electron chi connectivity index (χ3n) is 2.69. The normalized spacial score (nSPS) is 16.0. The van der Waals surface area contributed by atoms with Crippen molar-refractivity contribution in [3.8, 4) is 0 Å². The van der Waals surface area contributed by atoms with Crippen LogP contribution in [0.25, 0.3) is 0 Å². The molecule has 0 radical (unpaired) electrons. The second-order valence-electron chi connectivity index (χ2n) is 3.87. The summed E-state index contributed by atoms with van der Waals surface area (Å²) in [6.45, 7) is 1.59. The summed E-state index contributed by atoms with van der Waals surface area (Å²) in [6, 6.07) is 8.14. The lowest BCUT2D eigenvalue weighted by molar-refractivity contribution is -0.136. The smallest absolute Gasteiger partial charge is 0.303 e. The molecule has 0 aromatic heterocycles. The highest BCUT2D eigenvalue weighted by atomic mass is 16.5. The van der Waals surface area contributed by atoms with Gasteiger partial charge in [-0.3, -0.25) is 4.79 Å². The van der Waals surface area contributed by atoms with Gasteiger partial charge in [0.15, 0.2) is 0 Å². The molecule has 1 fully saturated rings. The van der Waals surface area contributed by atoms with Gasteiger partial charge in [-0.15, -0.1) is 0 Å². The predicted octanol–water partition coefficient (Wildman–Crippen LogP) is 1.82. The van der Waals surface area contributed by atoms with Crippen LogP contribution in [0.1, 0.15) is 23.5 Å². The van der Waals surface area contributed by atoms with E-state index in [1.54, 1.807) is 0 Å². The van der Waals surface area contributed by atoms with E-state index in [0.29, 0.717) is 12.3 Å². The van der Waals surface area contributed by atoms with Crippen LogP contribution in [0, 0.1) is 0 Å². The second kappa shape index (κ2) is 4.45. The number of rotatable bonds is 4. The van der Waals surface area contributed by atoms with Crippen molar-refractivity contribution in [2.24, 2.45) is 0 Å². The Balaban J connectivity index is 2.01. The van der Waals surface area contributed by atoms with E-state index in [-0.39, 0.29) is 6.42 Å². The molecule has 0 aliphatic carbocycles. The van der Waals surface area contributed by atoms with Crippen LogP contribution in [0.4, 0.5) is 0 Å². The molecule has 80 valence electrons. The summed E-state index contributed by atoms with van der Waals surface area (Å²) in [4.78, 5) is 10.4. The van der Waals surface area contributed by atoms with Crippen molar-refractivity contribution in [1.29, 1.82) is 0 Å². The number of aliphatic carboxylic acids is 1. The Kier molecular flexibility index (Phi) is 3.02. The van der Waals surface area contributed by atoms with Gasteiger partial charge < -0.3 is 9.84 Å². The highest BCUT2D eigenvalue weighted by Crippen LogP contribution is 2.24. The number of carbonyl (C=O) groups is 1. The Labute approximate surface area is 88.7 Å². The first-order chi connectivity index (χ1) is 7.25. The molecule has 0 unspecified atom stereocenters. The summed E-state index contributed by atoms with van der Waals surface area (Å²) in [7, 11) is 0. The van der Waals surface area contributed by atoms with Crippen molar-refractivity contribution in [3.63, 3.8) is 0 Å². The molecule has 1 aromatic rings. The topological polar surface area (TPSA) is 46.5 Å². The monoisotopic (exact) mass is 206 g/mol. The Morgan fingerprint density at radius 1 is 1.47 bits per heavy atom. The summed E-state index contributed by atoms with van der Waals surface area (Å²) in [6.07, 6.45) is 0.807. The molecule has 1 saturated heterocycles. The van der Waals surface area contributed by atoms with Crippen molar-refractivity contribution in [2.75, 3.05) is 13.2 Å². The maximum Gasteiger partial charge on any atom is 0.303 e. The molecule has 1 aromatic carbocycles. The third kappa shape index (κ3) is 2.57. The van der Waals surface area contributed by atoms with E-state index in [4.69, 9.17) is 9.84 Å². The molecule has 1 aliphatic rings. The Hall–Kier alpha value is -1.35. The average Bonchev–Trinajstić information content (AvgIpc) is 2.13. The number of ether oxygens (including phenoxy) is 1. The standard InChI is InChI=1S/C12H14O3/c13-12(14)5-4-9-2-1-3-10(6-9)11-7-15-8-11/h1-3,6,11H,4-5,7-8H2,(H,13,14). The predicted molar refractivity (Wildman–Crippen MR) is 56.0 cm³/mol. The molecule has 0 saturated carbocycles. The van der Waals surface area contributed by atoms with E-state index in [1.807, 2.05) is 12.1 Å². The zero-order valence-corrected chi connectivity index (χ0v) is 8.48. The summed E-state index contributed by atoms with van der Waals surface area (Å²) < 4.78 is 5.13. The molecular weight excluding hydrogens is 192 g/mol. The molecule has 1 heterocycles. The first kappa shape index (κ1) is 10.2. The van der Waals surface area contributed by atoms with Crippen molar-refractivity contribution in [2.45, 2.75) is 18.8 Å². The van der Waals surface area contributed by atoms with Gasteiger partial charge in [0.05, 0.1) is 13.2 Å². The van der Waals surface area contributed by atoms with E-state index in [2.05, 4.69) is 12.1 Å². The highest BCUT2D eigenvalue weighted by Gasteiger charge is 2.20. The van der Waals surface area contributed by atoms with Gasteiger partial charge in [0.25, 0.3) is 0 Å². The number of aryl methyl sites for hydroxylation is 1. The lowest BCUT2D eigenvalue weighted by Gasteiger charge is -2.26. The van der Waals surface area contributed by atoms with Gasteiger partial charge >= 0.3 is 5.97 Å². The third-order valence-corrected chi connectivity index (χ3v) is 2.69. The Bertz CT molecular complexity index is 356. The largest absolute Gasteiger partial charge is 0.481 e. The van der Waals surface area contributed by atoms with Crippen LogP contribution in [0.2, 0.25) is 0 Å². The van der Waals surface area contributed by atoms with E-state index < -0.39 is 5.97 Å². The van der Waals surface area contributed by atoms with E-state index in [1.165, 1.54) is 5.56 Å². The lowest BCUT2D eigenvalue weighted by Crippen LogP contribution is -2.25. The fourth-order valence-corrected chi connectivity index (χ4v) is 1.68. The Morgan fingerprint density at radius 2 is 2.27 bits per heavy atom. The summed E-state index contributed by atoms with van der Waals surface area (Å²) in [5.41, 5.74) is 2.37. The van der Waals surface area contributed by atoms with Crippen LogP contribution in [-0.4, -0.2) is 24.3 Å². The number of carboxylic acids is 1. The molecule has 0 bridgehead atoms. The summed E-state index contributed by atoms with van der Waals surface area (Å²) in [5, 5.41) is 8.59. The van der Waals surface area contributed by atoms with Gasteiger partial charge in [0.2, 0.25) is 0 Å². The van der Waals surface area contributed by atoms with Crippen LogP contribution in [0.15, 0.2) is 24.3 Å². The van der Waals surface area contributed by atoms with Crippen LogP contribution >= 0.6 is 0 Å². The van der Waals surface area contributed by atoms with Gasteiger partial charge in [-0.05, 0) is 17.5 Å². The molecule has 1 aliphatic heterocycles. The summed E-state index contributed by atoms with van der Waals surface area (Å²) in [5.74, 6) is -0.234. The van der Waals surface area contributed by atoms with E-state index in [0.717, 1.165) is 18.8 Å². The van der Waals surface area contributed by atoms with Gasteiger partial charge in [-0.1, -0.05) is 24.3 Å². The minimum Gasteiger partial charge on any atom is -0.481 e. The van der Waals surface area contributed by atoms with Gasteiger partial charge in [0.1, 0.15) is 0 Å². The quantitative estimate of drug-likeness (QED) is 0.817. The van der Waals surface area contributed by atoms with E-state index in [9.17, 15) is 4.79 Å². The molecule has 15 heavy (non-hydrogen) atoms. The van der Waals surface area contributed by atoms with E-state index >= 15 is 0 Å². The molecule has 0 amide bonds. The minimum atomic E-state index is -0.743. The second-order valence-corrected chi connectivity index (χ2v) is 3.87. The molecule has 1 N–H and O–H groups in total. The van der Waals surface area contributed by atoms with Crippen molar-refractivity contribution >= 4 is 5.97 Å². The van der Waals surface area contributed by atoms with Crippen LogP contribution in [-0.2, 0) is 16.0 Å². The lowest BCUT2D eigenvalue weighted by atomic mass is 9.95. The first-order valence-electron chi connectivity index (χ1n) is 5.14. The average molecular weight is 206 g/mol. The van der Waals surface area contributed by atoms with Crippen molar-refractivity contribution < 1.29 is 14.6 Å². The number of carboxylic acid groups (broad SMARTS) is 1. The zero-order valence-electron chi connectivity index (χ0n) is 8.48. The van der Waals surface area contributed by atoms with Crippen molar-refractivity contribution in [1.82, 2.24) is 0 Å². The van der Waals surface area contributed by atoms with Crippen LogP contribution < -0.4 is 0 Å². The Morgan fingerprint density at radius 3 is 2.87 bits per heavy atom. The van der Waals surface area contributed by atoms with Crippen molar-refractivity contribution in [3.05, 3.63) is 35.4 Å². The zero-order chi connectivity index (χ0) is 10.7. The van der Waals surface area contributed by atoms with Gasteiger partial charge in [-0.2, -0.15) is 0 Å². The first-order valence-corrected chi connectivity index (χ1v) is 5.14. The number of hydrogen-bond acceptors (Lipinski definition) is 2. The number of benzene rings is 1. The highest BCUT2D eigenvalue weighted by molar-refractivity contribution is 5.67. The maximum absolute atomic E-state index is 10.4. The molecule has 0 spiro atoms. The fraction of sp³-hybridized carbons (Fsp3) is 0.417. The minimum absolute atomic E-state index is 0.199. The maximum atomic E-state index is 10.4. The van der Waals surface area contributed by atoms with Crippen LogP contribution in [0.5, 0.6) is 0 Å². The molecule has 3 heteroatoms. The molecule has 3 nitrogen and oxygen atoms in total. The van der Waals surface area contributed by atoms with Gasteiger partial charge in [-0.25, -0.2) is 0 Å². The van der Waals surface area contributed by atoms with Crippen LogP contribution in [0.3, 0.4) is 0 Å². The summed E-state index contributed by atoms with van der Waals surface area (Å²) >= 11 is 0.